The van der Waals surface area contributed by atoms with Crippen molar-refractivity contribution >= 4 is 17.4 Å². The molecule has 0 fully saturated rings. The zero-order valence-electron chi connectivity index (χ0n) is 15.6. The Labute approximate surface area is 150 Å². The topological polar surface area (TPSA) is 48.5 Å². The maximum atomic E-state index is 12.9. The first-order valence-corrected chi connectivity index (χ1v) is 8.74. The van der Waals surface area contributed by atoms with E-state index in [1.165, 1.54) is 0 Å². The van der Waals surface area contributed by atoms with Crippen LogP contribution in [0.3, 0.4) is 0 Å². The molecule has 25 heavy (non-hydrogen) atoms. The standard InChI is InChI=1S/C20H28N4O/c1-5-24(18-9-6-8-16(2)14-18)20(25)17-10-12-22-19(15-17)21-11-7-13-23(3)4/h6,8-10,12,14-15H,5,7,11,13H2,1-4H3,(H,21,22). The summed E-state index contributed by atoms with van der Waals surface area (Å²) in [6.45, 7) is 6.49. The van der Waals surface area contributed by atoms with Crippen LogP contribution in [-0.4, -0.2) is 49.5 Å². The van der Waals surface area contributed by atoms with Gasteiger partial charge in [-0.15, -0.1) is 0 Å². The minimum atomic E-state index is -0.00755. The van der Waals surface area contributed by atoms with Crippen molar-refractivity contribution in [3.63, 3.8) is 0 Å². The predicted molar refractivity (Wildman–Crippen MR) is 104 cm³/mol. The van der Waals surface area contributed by atoms with Crippen molar-refractivity contribution in [1.82, 2.24) is 9.88 Å². The monoisotopic (exact) mass is 340 g/mol. The molecule has 0 saturated heterocycles. The predicted octanol–water partition coefficient (Wildman–Crippen LogP) is 3.42. The molecule has 1 aromatic heterocycles. The van der Waals surface area contributed by atoms with E-state index in [2.05, 4.69) is 29.3 Å². The van der Waals surface area contributed by atoms with E-state index in [-0.39, 0.29) is 5.91 Å². The number of pyridine rings is 1. The zero-order valence-corrected chi connectivity index (χ0v) is 15.6. The van der Waals surface area contributed by atoms with Crippen molar-refractivity contribution in [2.45, 2.75) is 20.3 Å². The molecule has 1 heterocycles. The normalized spacial score (nSPS) is 10.8. The van der Waals surface area contributed by atoms with E-state index >= 15 is 0 Å². The third-order valence-corrected chi connectivity index (χ3v) is 3.97. The Kier molecular flexibility index (Phi) is 6.95. The zero-order chi connectivity index (χ0) is 18.2. The van der Waals surface area contributed by atoms with Crippen LogP contribution < -0.4 is 10.2 Å². The number of aryl methyl sites for hydroxylation is 1. The highest BCUT2D eigenvalue weighted by Crippen LogP contribution is 2.19. The van der Waals surface area contributed by atoms with Crippen LogP contribution in [-0.2, 0) is 0 Å². The highest BCUT2D eigenvalue weighted by atomic mass is 16.2. The molecule has 0 bridgehead atoms. The number of nitrogens with zero attached hydrogens (tertiary/aromatic N) is 3. The lowest BCUT2D eigenvalue weighted by molar-refractivity contribution is 0.0988. The summed E-state index contributed by atoms with van der Waals surface area (Å²) in [7, 11) is 4.12. The smallest absolute Gasteiger partial charge is 0.258 e. The summed E-state index contributed by atoms with van der Waals surface area (Å²) in [6, 6.07) is 11.6. The van der Waals surface area contributed by atoms with Crippen LogP contribution >= 0.6 is 0 Å². The van der Waals surface area contributed by atoms with Crippen LogP contribution in [0.25, 0.3) is 0 Å². The quantitative estimate of drug-likeness (QED) is 0.748. The molecule has 0 unspecified atom stereocenters. The summed E-state index contributed by atoms with van der Waals surface area (Å²) in [6.07, 6.45) is 2.71. The number of anilines is 2. The Bertz CT molecular complexity index is 700. The van der Waals surface area contributed by atoms with Crippen LogP contribution in [0.4, 0.5) is 11.5 Å². The summed E-state index contributed by atoms with van der Waals surface area (Å²) >= 11 is 0. The highest BCUT2D eigenvalue weighted by molar-refractivity contribution is 6.06. The Morgan fingerprint density at radius 2 is 2.00 bits per heavy atom. The summed E-state index contributed by atoms with van der Waals surface area (Å²) in [5.41, 5.74) is 2.71. The van der Waals surface area contributed by atoms with Gasteiger partial charge in [-0.05, 0) is 70.7 Å². The minimum absolute atomic E-state index is 0.00755. The van der Waals surface area contributed by atoms with Crippen molar-refractivity contribution < 1.29 is 4.79 Å². The van der Waals surface area contributed by atoms with Crippen molar-refractivity contribution in [3.05, 3.63) is 53.7 Å². The number of rotatable bonds is 8. The number of hydrogen-bond acceptors (Lipinski definition) is 4. The van der Waals surface area contributed by atoms with Crippen LogP contribution in [0.1, 0.15) is 29.3 Å². The molecule has 1 aromatic carbocycles. The summed E-state index contributed by atoms with van der Waals surface area (Å²) < 4.78 is 0. The molecule has 1 amide bonds. The van der Waals surface area contributed by atoms with Gasteiger partial charge in [-0.1, -0.05) is 12.1 Å². The van der Waals surface area contributed by atoms with Crippen LogP contribution in [0.15, 0.2) is 42.6 Å². The van der Waals surface area contributed by atoms with Gasteiger partial charge in [0.2, 0.25) is 0 Å². The first-order chi connectivity index (χ1) is 12.0. The molecular weight excluding hydrogens is 312 g/mol. The molecule has 0 aliphatic carbocycles. The number of benzene rings is 1. The van der Waals surface area contributed by atoms with Crippen molar-refractivity contribution in [2.75, 3.05) is 43.9 Å². The number of nitrogens with one attached hydrogen (secondary N) is 1. The second kappa shape index (κ2) is 9.18. The third kappa shape index (κ3) is 5.57. The van der Waals surface area contributed by atoms with Gasteiger partial charge in [-0.2, -0.15) is 0 Å². The molecule has 2 rings (SSSR count). The molecule has 0 atom stereocenters. The van der Waals surface area contributed by atoms with Crippen molar-refractivity contribution in [3.8, 4) is 0 Å². The molecule has 0 spiro atoms. The first kappa shape index (κ1) is 18.9. The number of carbonyl (C=O) groups is 1. The maximum absolute atomic E-state index is 12.9. The lowest BCUT2D eigenvalue weighted by atomic mass is 10.1. The van der Waals surface area contributed by atoms with E-state index in [0.29, 0.717) is 12.1 Å². The SMILES string of the molecule is CCN(C(=O)c1ccnc(NCCCN(C)C)c1)c1cccc(C)c1. The molecule has 0 radical (unpaired) electrons. The Balaban J connectivity index is 2.08. The molecular formula is C20H28N4O. The van der Waals surface area contributed by atoms with Crippen molar-refractivity contribution in [2.24, 2.45) is 0 Å². The fourth-order valence-corrected chi connectivity index (χ4v) is 2.67. The summed E-state index contributed by atoms with van der Waals surface area (Å²) in [5, 5.41) is 3.29. The molecule has 0 aliphatic rings. The number of aromatic nitrogens is 1. The lowest BCUT2D eigenvalue weighted by Gasteiger charge is -2.22. The fraction of sp³-hybridized carbons (Fsp3) is 0.400. The van der Waals surface area contributed by atoms with E-state index in [4.69, 9.17) is 0 Å². The Morgan fingerprint density at radius 3 is 2.68 bits per heavy atom. The fourth-order valence-electron chi connectivity index (χ4n) is 2.67. The van der Waals surface area contributed by atoms with Gasteiger partial charge in [0.25, 0.3) is 5.91 Å². The second-order valence-corrected chi connectivity index (χ2v) is 6.40. The van der Waals surface area contributed by atoms with Gasteiger partial charge in [0.15, 0.2) is 0 Å². The number of hydrogen-bond donors (Lipinski definition) is 1. The van der Waals surface area contributed by atoms with Gasteiger partial charge in [-0.3, -0.25) is 4.79 Å². The van der Waals surface area contributed by atoms with E-state index in [1.807, 2.05) is 44.2 Å². The number of carbonyl (C=O) groups excluding carboxylic acids is 1. The lowest BCUT2D eigenvalue weighted by Crippen LogP contribution is -2.30. The van der Waals surface area contributed by atoms with Crippen LogP contribution in [0.2, 0.25) is 0 Å². The number of amides is 1. The Morgan fingerprint density at radius 1 is 1.20 bits per heavy atom. The minimum Gasteiger partial charge on any atom is -0.370 e. The van der Waals surface area contributed by atoms with Crippen LogP contribution in [0, 0.1) is 6.92 Å². The summed E-state index contributed by atoms with van der Waals surface area (Å²) in [5.74, 6) is 0.733. The van der Waals surface area contributed by atoms with Gasteiger partial charge in [-0.25, -0.2) is 4.98 Å². The van der Waals surface area contributed by atoms with Gasteiger partial charge in [0, 0.05) is 30.5 Å². The van der Waals surface area contributed by atoms with Gasteiger partial charge in [0.05, 0.1) is 0 Å². The molecule has 5 nitrogen and oxygen atoms in total. The highest BCUT2D eigenvalue weighted by Gasteiger charge is 2.16. The summed E-state index contributed by atoms with van der Waals surface area (Å²) in [4.78, 5) is 21.2. The van der Waals surface area contributed by atoms with Crippen LogP contribution in [0.5, 0.6) is 0 Å². The van der Waals surface area contributed by atoms with Gasteiger partial charge < -0.3 is 15.1 Å². The van der Waals surface area contributed by atoms with Gasteiger partial charge >= 0.3 is 0 Å². The molecule has 0 saturated carbocycles. The molecule has 5 heteroatoms. The van der Waals surface area contributed by atoms with E-state index < -0.39 is 0 Å². The maximum Gasteiger partial charge on any atom is 0.258 e. The molecule has 2 aromatic rings. The first-order valence-electron chi connectivity index (χ1n) is 8.74. The van der Waals surface area contributed by atoms with E-state index in [0.717, 1.165) is 36.6 Å². The second-order valence-electron chi connectivity index (χ2n) is 6.40. The van der Waals surface area contributed by atoms with Gasteiger partial charge in [0.1, 0.15) is 5.82 Å². The molecule has 0 aliphatic heterocycles. The molecule has 1 N–H and O–H groups in total. The molecule has 134 valence electrons. The average Bonchev–Trinajstić information content (AvgIpc) is 2.59. The Hall–Kier alpha value is -2.40. The van der Waals surface area contributed by atoms with E-state index in [1.54, 1.807) is 17.2 Å². The largest absolute Gasteiger partial charge is 0.370 e. The van der Waals surface area contributed by atoms with Crippen molar-refractivity contribution in [1.29, 1.82) is 0 Å². The van der Waals surface area contributed by atoms with E-state index in [9.17, 15) is 4.79 Å². The third-order valence-electron chi connectivity index (χ3n) is 3.97. The average molecular weight is 340 g/mol.